The van der Waals surface area contributed by atoms with Gasteiger partial charge in [-0.25, -0.2) is 0 Å². The summed E-state index contributed by atoms with van der Waals surface area (Å²) in [6, 6.07) is 36.3. The van der Waals surface area contributed by atoms with Gasteiger partial charge in [0.25, 0.3) is 0 Å². The van der Waals surface area contributed by atoms with E-state index in [1.165, 1.54) is 0 Å². The van der Waals surface area contributed by atoms with Crippen LogP contribution >= 0.6 is 0 Å². The van der Waals surface area contributed by atoms with Crippen molar-refractivity contribution in [2.75, 3.05) is 0 Å². The lowest BCUT2D eigenvalue weighted by molar-refractivity contribution is 1.07. The Hall–Kier alpha value is -5.10. The summed E-state index contributed by atoms with van der Waals surface area (Å²) < 4.78 is 0. The zero-order chi connectivity index (χ0) is 23.9. The molecule has 0 aliphatic rings. The molecule has 3 heterocycles. The standard InChI is InChI=1S/C30H18N6/c1-4-10-25-19(7-1)16-28(34-31-25)22-13-23(29-17-20-8-2-5-11-26(20)32-35-29)15-24(14-22)30-18-21-9-3-6-12-27(21)33-36-30/h1-18H. The maximum absolute atomic E-state index is 4.52. The molecular weight excluding hydrogens is 444 g/mol. The van der Waals surface area contributed by atoms with Crippen molar-refractivity contribution < 1.29 is 0 Å². The van der Waals surface area contributed by atoms with Gasteiger partial charge >= 0.3 is 0 Å². The predicted octanol–water partition coefficient (Wildman–Crippen LogP) is 6.52. The zero-order valence-electron chi connectivity index (χ0n) is 19.1. The Kier molecular flexibility index (Phi) is 4.67. The third-order valence-electron chi connectivity index (χ3n) is 6.30. The first-order chi connectivity index (χ1) is 17.8. The summed E-state index contributed by atoms with van der Waals surface area (Å²) >= 11 is 0. The molecule has 36 heavy (non-hydrogen) atoms. The third kappa shape index (κ3) is 3.61. The Morgan fingerprint density at radius 3 is 0.944 bits per heavy atom. The summed E-state index contributed by atoms with van der Waals surface area (Å²) in [5.41, 5.74) is 7.68. The normalized spacial score (nSPS) is 11.3. The topological polar surface area (TPSA) is 77.3 Å². The predicted molar refractivity (Wildman–Crippen MR) is 142 cm³/mol. The van der Waals surface area contributed by atoms with Gasteiger partial charge in [-0.3, -0.25) is 0 Å². The van der Waals surface area contributed by atoms with Gasteiger partial charge in [-0.05, 0) is 54.6 Å². The molecule has 0 spiro atoms. The molecule has 168 valence electrons. The zero-order valence-corrected chi connectivity index (χ0v) is 19.1. The molecular formula is C30H18N6. The fraction of sp³-hybridized carbons (Fsp3) is 0. The summed E-state index contributed by atoms with van der Waals surface area (Å²) in [5.74, 6) is 0. The Balaban J connectivity index is 1.45. The SMILES string of the molecule is c1ccc2nnc(-c3cc(-c4cc5ccccc5nn4)cc(-c4cc5ccccc5nn4)c3)cc2c1. The van der Waals surface area contributed by atoms with E-state index in [0.717, 1.165) is 66.5 Å². The van der Waals surface area contributed by atoms with E-state index in [9.17, 15) is 0 Å². The van der Waals surface area contributed by atoms with E-state index in [0.29, 0.717) is 0 Å². The van der Waals surface area contributed by atoms with Gasteiger partial charge in [0.1, 0.15) is 0 Å². The minimum Gasteiger partial charge on any atom is -0.150 e. The van der Waals surface area contributed by atoms with Crippen LogP contribution in [0.15, 0.2) is 109 Å². The molecule has 0 radical (unpaired) electrons. The van der Waals surface area contributed by atoms with Gasteiger partial charge in [-0.2, -0.15) is 0 Å². The van der Waals surface area contributed by atoms with Gasteiger partial charge < -0.3 is 0 Å². The molecule has 0 aliphatic heterocycles. The first-order valence-electron chi connectivity index (χ1n) is 11.6. The number of aromatic nitrogens is 6. The van der Waals surface area contributed by atoms with Crippen LogP contribution in [0.2, 0.25) is 0 Å². The van der Waals surface area contributed by atoms with E-state index < -0.39 is 0 Å². The fourth-order valence-electron chi connectivity index (χ4n) is 4.45. The van der Waals surface area contributed by atoms with Crippen LogP contribution in [-0.4, -0.2) is 30.6 Å². The Labute approximate surface area is 206 Å². The molecule has 0 aliphatic carbocycles. The molecule has 0 saturated heterocycles. The van der Waals surface area contributed by atoms with Gasteiger partial charge in [0, 0.05) is 32.8 Å². The first-order valence-corrected chi connectivity index (χ1v) is 11.6. The molecule has 0 amide bonds. The van der Waals surface area contributed by atoms with E-state index in [1.807, 2.05) is 72.8 Å². The summed E-state index contributed by atoms with van der Waals surface area (Å²) in [5, 5.41) is 30.0. The summed E-state index contributed by atoms with van der Waals surface area (Å²) in [6.45, 7) is 0. The number of hydrogen-bond acceptors (Lipinski definition) is 6. The van der Waals surface area contributed by atoms with Crippen LogP contribution in [0.25, 0.3) is 66.5 Å². The second-order valence-electron chi connectivity index (χ2n) is 8.66. The Bertz CT molecular complexity index is 1680. The van der Waals surface area contributed by atoms with Crippen LogP contribution < -0.4 is 0 Å². The molecule has 0 fully saturated rings. The molecule has 0 saturated carbocycles. The second kappa shape index (κ2) is 8.29. The molecule has 7 rings (SSSR count). The molecule has 0 bridgehead atoms. The highest BCUT2D eigenvalue weighted by Crippen LogP contribution is 2.32. The summed E-state index contributed by atoms with van der Waals surface area (Å²) in [6.07, 6.45) is 0. The van der Waals surface area contributed by atoms with Crippen molar-refractivity contribution in [3.05, 3.63) is 109 Å². The Morgan fingerprint density at radius 1 is 0.306 bits per heavy atom. The molecule has 7 aromatic rings. The van der Waals surface area contributed by atoms with E-state index in [1.54, 1.807) is 0 Å². The monoisotopic (exact) mass is 462 g/mol. The minimum atomic E-state index is 0.777. The number of benzene rings is 4. The molecule has 3 aromatic heterocycles. The lowest BCUT2D eigenvalue weighted by atomic mass is 9.98. The van der Waals surface area contributed by atoms with Crippen molar-refractivity contribution in [1.82, 2.24) is 30.6 Å². The molecule has 0 N–H and O–H groups in total. The Morgan fingerprint density at radius 2 is 0.611 bits per heavy atom. The van der Waals surface area contributed by atoms with Crippen molar-refractivity contribution in [2.24, 2.45) is 0 Å². The highest BCUT2D eigenvalue weighted by Gasteiger charge is 2.13. The number of fused-ring (bicyclic) bond motifs is 3. The van der Waals surface area contributed by atoms with Crippen LogP contribution in [-0.2, 0) is 0 Å². The summed E-state index contributed by atoms with van der Waals surface area (Å²) in [7, 11) is 0. The smallest absolute Gasteiger partial charge is 0.0936 e. The van der Waals surface area contributed by atoms with Gasteiger partial charge in [0.05, 0.1) is 33.6 Å². The fourth-order valence-corrected chi connectivity index (χ4v) is 4.45. The van der Waals surface area contributed by atoms with E-state index in [-0.39, 0.29) is 0 Å². The molecule has 6 nitrogen and oxygen atoms in total. The van der Waals surface area contributed by atoms with Crippen molar-refractivity contribution in [2.45, 2.75) is 0 Å². The highest BCUT2D eigenvalue weighted by molar-refractivity contribution is 5.88. The maximum atomic E-state index is 4.52. The quantitative estimate of drug-likeness (QED) is 0.298. The first kappa shape index (κ1) is 20.3. The van der Waals surface area contributed by atoms with Gasteiger partial charge in [0.15, 0.2) is 0 Å². The van der Waals surface area contributed by atoms with Crippen LogP contribution in [0.5, 0.6) is 0 Å². The summed E-state index contributed by atoms with van der Waals surface area (Å²) in [4.78, 5) is 0. The molecule has 0 atom stereocenters. The minimum absolute atomic E-state index is 0.777. The molecule has 0 unspecified atom stereocenters. The largest absolute Gasteiger partial charge is 0.150 e. The van der Waals surface area contributed by atoms with Crippen molar-refractivity contribution in [1.29, 1.82) is 0 Å². The van der Waals surface area contributed by atoms with Crippen molar-refractivity contribution in [3.63, 3.8) is 0 Å². The van der Waals surface area contributed by atoms with Crippen LogP contribution in [0.1, 0.15) is 0 Å². The van der Waals surface area contributed by atoms with Crippen LogP contribution in [0.4, 0.5) is 0 Å². The van der Waals surface area contributed by atoms with Crippen molar-refractivity contribution >= 4 is 32.7 Å². The van der Waals surface area contributed by atoms with Crippen LogP contribution in [0.3, 0.4) is 0 Å². The molecule has 6 heteroatoms. The highest BCUT2D eigenvalue weighted by atomic mass is 15.1. The van der Waals surface area contributed by atoms with Crippen molar-refractivity contribution in [3.8, 4) is 33.8 Å². The number of hydrogen-bond donors (Lipinski definition) is 0. The lowest BCUT2D eigenvalue weighted by Crippen LogP contribution is -1.95. The van der Waals surface area contributed by atoms with Gasteiger partial charge in [0.2, 0.25) is 0 Å². The van der Waals surface area contributed by atoms with E-state index in [2.05, 4.69) is 67.0 Å². The van der Waals surface area contributed by atoms with E-state index >= 15 is 0 Å². The van der Waals surface area contributed by atoms with E-state index in [4.69, 9.17) is 0 Å². The van der Waals surface area contributed by atoms with Gasteiger partial charge in [-0.15, -0.1) is 30.6 Å². The number of nitrogens with zero attached hydrogens (tertiary/aromatic N) is 6. The lowest BCUT2D eigenvalue weighted by Gasteiger charge is -2.10. The maximum Gasteiger partial charge on any atom is 0.0936 e. The number of rotatable bonds is 3. The average molecular weight is 463 g/mol. The van der Waals surface area contributed by atoms with Crippen LogP contribution in [0, 0.1) is 0 Å². The average Bonchev–Trinajstić information content (AvgIpc) is 2.96. The third-order valence-corrected chi connectivity index (χ3v) is 6.30. The molecule has 4 aromatic carbocycles. The second-order valence-corrected chi connectivity index (χ2v) is 8.66. The van der Waals surface area contributed by atoms with Gasteiger partial charge in [-0.1, -0.05) is 54.6 Å².